The van der Waals surface area contributed by atoms with Gasteiger partial charge in [-0.3, -0.25) is 4.90 Å². The fourth-order valence-electron chi connectivity index (χ4n) is 3.56. The highest BCUT2D eigenvalue weighted by Gasteiger charge is 2.37. The molecule has 2 fully saturated rings. The minimum absolute atomic E-state index is 0.221. The first-order valence-electron chi connectivity index (χ1n) is 8.47. The lowest BCUT2D eigenvalue weighted by molar-refractivity contribution is 0.0276. The molecule has 0 radical (unpaired) electrons. The summed E-state index contributed by atoms with van der Waals surface area (Å²) in [6.07, 6.45) is 3.63. The summed E-state index contributed by atoms with van der Waals surface area (Å²) < 4.78 is 5.52. The molecule has 2 aliphatic heterocycles. The van der Waals surface area contributed by atoms with E-state index in [1.54, 1.807) is 11.7 Å². The third-order valence-electron chi connectivity index (χ3n) is 4.94. The van der Waals surface area contributed by atoms with Gasteiger partial charge in [0.1, 0.15) is 0 Å². The number of nitrogens with one attached hydrogen (secondary N) is 1. The van der Waals surface area contributed by atoms with Crippen molar-refractivity contribution in [3.63, 3.8) is 0 Å². The largest absolute Gasteiger partial charge is 0.416 e. The van der Waals surface area contributed by atoms with Crippen molar-refractivity contribution in [2.24, 2.45) is 5.92 Å². The topological polar surface area (TPSA) is 57.7 Å². The summed E-state index contributed by atoms with van der Waals surface area (Å²) in [5.74, 6) is 0.548. The molecule has 23 heavy (non-hydrogen) atoms. The van der Waals surface area contributed by atoms with E-state index in [4.69, 9.17) is 4.74 Å². The van der Waals surface area contributed by atoms with Gasteiger partial charge >= 0.3 is 6.09 Å². The molecule has 7 heteroatoms. The fraction of sp³-hybridized carbons (Fsp3) is 0.750. The Morgan fingerprint density at radius 3 is 2.83 bits per heavy atom. The van der Waals surface area contributed by atoms with Crippen molar-refractivity contribution in [2.75, 3.05) is 32.7 Å². The van der Waals surface area contributed by atoms with Crippen LogP contribution in [0.2, 0.25) is 0 Å². The van der Waals surface area contributed by atoms with E-state index in [9.17, 15) is 4.79 Å². The van der Waals surface area contributed by atoms with Crippen molar-refractivity contribution in [1.29, 1.82) is 0 Å². The van der Waals surface area contributed by atoms with E-state index >= 15 is 0 Å². The average molecular weight is 338 g/mol. The standard InChI is InChI=1S/C16H26N4O2S/c1-12(2)19-7-8-20(16(21)22-15-9-18-11-23-15)14(10-19)13-3-5-17-6-4-13/h9,11-14,17H,3-8,10H2,1-2H3. The van der Waals surface area contributed by atoms with Crippen LogP contribution in [-0.4, -0.2) is 65.7 Å². The van der Waals surface area contributed by atoms with Crippen LogP contribution in [0.25, 0.3) is 0 Å². The van der Waals surface area contributed by atoms with Crippen molar-refractivity contribution in [2.45, 2.75) is 38.8 Å². The van der Waals surface area contributed by atoms with E-state index in [1.165, 1.54) is 11.3 Å². The number of carbonyl (C=O) groups excluding carboxylic acids is 1. The zero-order valence-corrected chi connectivity index (χ0v) is 14.7. The van der Waals surface area contributed by atoms with Crippen LogP contribution in [0.3, 0.4) is 0 Å². The lowest BCUT2D eigenvalue weighted by Gasteiger charge is -2.46. The first-order chi connectivity index (χ1) is 11.1. The van der Waals surface area contributed by atoms with Crippen LogP contribution >= 0.6 is 11.3 Å². The predicted molar refractivity (Wildman–Crippen MR) is 90.9 cm³/mol. The molecule has 128 valence electrons. The zero-order chi connectivity index (χ0) is 16.2. The monoisotopic (exact) mass is 338 g/mol. The Hall–Kier alpha value is -1.18. The van der Waals surface area contributed by atoms with Crippen molar-refractivity contribution >= 4 is 17.4 Å². The number of hydrogen-bond donors (Lipinski definition) is 1. The van der Waals surface area contributed by atoms with Crippen LogP contribution in [0.1, 0.15) is 26.7 Å². The second-order valence-electron chi connectivity index (χ2n) is 6.63. The Labute approximate surface area is 141 Å². The molecule has 0 bridgehead atoms. The molecule has 3 rings (SSSR count). The lowest BCUT2D eigenvalue weighted by Crippen LogP contribution is -2.60. The first-order valence-corrected chi connectivity index (χ1v) is 9.35. The van der Waals surface area contributed by atoms with E-state index in [1.807, 2.05) is 4.90 Å². The van der Waals surface area contributed by atoms with E-state index in [0.29, 0.717) is 17.0 Å². The summed E-state index contributed by atoms with van der Waals surface area (Å²) in [7, 11) is 0. The van der Waals surface area contributed by atoms with Crippen LogP contribution in [0.5, 0.6) is 5.06 Å². The van der Waals surface area contributed by atoms with Gasteiger partial charge in [0.15, 0.2) is 0 Å². The third-order valence-corrected chi connectivity index (χ3v) is 5.59. The number of carbonyl (C=O) groups is 1. The maximum Gasteiger partial charge on any atom is 0.416 e. The molecule has 1 unspecified atom stereocenters. The maximum absolute atomic E-state index is 12.6. The number of rotatable bonds is 3. The number of piperidine rings is 1. The van der Waals surface area contributed by atoms with Gasteiger partial charge in [-0.1, -0.05) is 11.3 Å². The summed E-state index contributed by atoms with van der Waals surface area (Å²) in [5.41, 5.74) is 1.68. The molecule has 0 aliphatic carbocycles. The molecule has 1 N–H and O–H groups in total. The molecule has 3 heterocycles. The van der Waals surface area contributed by atoms with Crippen molar-refractivity contribution in [3.05, 3.63) is 11.7 Å². The summed E-state index contributed by atoms with van der Waals surface area (Å²) in [5, 5.41) is 3.99. The van der Waals surface area contributed by atoms with E-state index in [-0.39, 0.29) is 12.1 Å². The smallest absolute Gasteiger partial charge is 0.397 e. The highest BCUT2D eigenvalue weighted by Crippen LogP contribution is 2.27. The molecule has 0 spiro atoms. The van der Waals surface area contributed by atoms with Gasteiger partial charge in [-0.25, -0.2) is 9.78 Å². The fourth-order valence-corrected chi connectivity index (χ4v) is 4.03. The van der Waals surface area contributed by atoms with Gasteiger partial charge in [-0.2, -0.15) is 0 Å². The predicted octanol–water partition coefficient (Wildman–Crippen LogP) is 2.04. The van der Waals surface area contributed by atoms with Crippen LogP contribution in [0, 0.1) is 5.92 Å². The summed E-state index contributed by atoms with van der Waals surface area (Å²) in [4.78, 5) is 21.0. The molecule has 0 aromatic carbocycles. The molecule has 2 saturated heterocycles. The second kappa shape index (κ2) is 7.59. The number of nitrogens with zero attached hydrogens (tertiary/aromatic N) is 3. The molecule has 1 aromatic rings. The van der Waals surface area contributed by atoms with Gasteiger partial charge in [0.25, 0.3) is 0 Å². The van der Waals surface area contributed by atoms with E-state index in [2.05, 4.69) is 29.0 Å². The molecular weight excluding hydrogens is 312 g/mol. The third kappa shape index (κ3) is 4.02. The quantitative estimate of drug-likeness (QED) is 0.914. The number of ether oxygens (including phenoxy) is 1. The lowest BCUT2D eigenvalue weighted by atomic mass is 9.87. The highest BCUT2D eigenvalue weighted by molar-refractivity contribution is 7.11. The minimum Gasteiger partial charge on any atom is -0.397 e. The van der Waals surface area contributed by atoms with E-state index < -0.39 is 0 Å². The van der Waals surface area contributed by atoms with Crippen molar-refractivity contribution in [1.82, 2.24) is 20.1 Å². The number of hydrogen-bond acceptors (Lipinski definition) is 6. The van der Waals surface area contributed by atoms with Gasteiger partial charge in [-0.15, -0.1) is 0 Å². The Morgan fingerprint density at radius 1 is 1.39 bits per heavy atom. The zero-order valence-electron chi connectivity index (χ0n) is 13.9. The maximum atomic E-state index is 12.6. The summed E-state index contributed by atoms with van der Waals surface area (Å²) in [6.45, 7) is 9.14. The van der Waals surface area contributed by atoms with Crippen LogP contribution < -0.4 is 10.1 Å². The number of thiazole rings is 1. The van der Waals surface area contributed by atoms with Crippen LogP contribution in [0.15, 0.2) is 11.7 Å². The van der Waals surface area contributed by atoms with Gasteiger partial charge in [0, 0.05) is 25.7 Å². The van der Waals surface area contributed by atoms with E-state index in [0.717, 1.165) is 45.6 Å². The van der Waals surface area contributed by atoms with Gasteiger partial charge in [-0.05, 0) is 45.7 Å². The Bertz CT molecular complexity index is 502. The van der Waals surface area contributed by atoms with Crippen LogP contribution in [0.4, 0.5) is 4.79 Å². The number of aromatic nitrogens is 1. The molecule has 1 amide bonds. The Balaban J connectivity index is 1.71. The number of piperazine rings is 1. The number of amides is 1. The van der Waals surface area contributed by atoms with Gasteiger partial charge < -0.3 is 15.0 Å². The second-order valence-corrected chi connectivity index (χ2v) is 7.47. The minimum atomic E-state index is -0.221. The van der Waals surface area contributed by atoms with Crippen molar-refractivity contribution < 1.29 is 9.53 Å². The Kier molecular flexibility index (Phi) is 5.50. The van der Waals surface area contributed by atoms with Crippen LogP contribution in [-0.2, 0) is 0 Å². The highest BCUT2D eigenvalue weighted by atomic mass is 32.1. The SMILES string of the molecule is CC(C)N1CCN(C(=O)Oc2cncs2)C(C2CCNCC2)C1. The Morgan fingerprint density at radius 2 is 2.17 bits per heavy atom. The molecule has 1 atom stereocenters. The molecule has 1 aromatic heterocycles. The van der Waals surface area contributed by atoms with Gasteiger partial charge in [0.05, 0.1) is 17.7 Å². The normalized spacial score (nSPS) is 24.1. The summed E-state index contributed by atoms with van der Waals surface area (Å²) >= 11 is 1.36. The first kappa shape index (κ1) is 16.7. The van der Waals surface area contributed by atoms with Gasteiger partial charge in [0.2, 0.25) is 5.06 Å². The van der Waals surface area contributed by atoms with Crippen molar-refractivity contribution in [3.8, 4) is 5.06 Å². The summed E-state index contributed by atoms with van der Waals surface area (Å²) in [6, 6.07) is 0.757. The molecule has 6 nitrogen and oxygen atoms in total. The molecular formula is C16H26N4O2S. The molecule has 0 saturated carbocycles. The molecule has 2 aliphatic rings. The average Bonchev–Trinajstić information content (AvgIpc) is 3.08.